The second kappa shape index (κ2) is 12.0. The first-order chi connectivity index (χ1) is 19.4. The van der Waals surface area contributed by atoms with Gasteiger partial charge in [0.15, 0.2) is 11.5 Å². The van der Waals surface area contributed by atoms with Gasteiger partial charge in [0, 0.05) is 26.0 Å². The van der Waals surface area contributed by atoms with Crippen molar-refractivity contribution in [2.75, 3.05) is 7.11 Å². The Bertz CT molecular complexity index is 1780. The molecule has 0 aliphatic carbocycles. The number of aromatic nitrogens is 1. The molecule has 0 spiro atoms. The third-order valence-corrected chi connectivity index (χ3v) is 7.34. The van der Waals surface area contributed by atoms with Crippen molar-refractivity contribution in [2.24, 2.45) is 5.10 Å². The minimum atomic E-state index is -0.614. The molecule has 0 saturated heterocycles. The Morgan fingerprint density at radius 2 is 1.68 bits per heavy atom. The zero-order chi connectivity index (χ0) is 28.2. The summed E-state index contributed by atoms with van der Waals surface area (Å²) in [6.45, 7) is 0. The number of rotatable bonds is 7. The molecule has 0 aliphatic heterocycles. The lowest BCUT2D eigenvalue weighted by molar-refractivity contribution is 0.0729. The largest absolute Gasteiger partial charge is 0.493 e. The van der Waals surface area contributed by atoms with Crippen LogP contribution in [0.15, 0.2) is 94.5 Å². The van der Waals surface area contributed by atoms with Crippen LogP contribution in [0.4, 0.5) is 0 Å². The summed E-state index contributed by atoms with van der Waals surface area (Å²) in [6, 6.07) is 24.5. The first-order valence-corrected chi connectivity index (χ1v) is 13.5. The highest BCUT2D eigenvalue weighted by Crippen LogP contribution is 2.38. The number of methoxy groups -OCH3 is 1. The van der Waals surface area contributed by atoms with E-state index in [1.165, 1.54) is 13.3 Å². The van der Waals surface area contributed by atoms with E-state index in [4.69, 9.17) is 32.7 Å². The van der Waals surface area contributed by atoms with Crippen LogP contribution in [0.1, 0.15) is 26.4 Å². The number of esters is 1. The molecule has 5 aromatic rings. The van der Waals surface area contributed by atoms with Crippen molar-refractivity contribution in [3.8, 4) is 22.6 Å². The zero-order valence-electron chi connectivity index (χ0n) is 20.9. The van der Waals surface area contributed by atoms with Gasteiger partial charge in [0.1, 0.15) is 5.69 Å². The van der Waals surface area contributed by atoms with E-state index in [2.05, 4.69) is 31.4 Å². The van der Waals surface area contributed by atoms with Crippen LogP contribution in [-0.2, 0) is 0 Å². The number of aromatic amines is 1. The van der Waals surface area contributed by atoms with Gasteiger partial charge in [-0.2, -0.15) is 5.10 Å². The number of ether oxygens (including phenoxy) is 2. The number of H-pyrrole nitrogens is 1. The predicted molar refractivity (Wildman–Crippen MR) is 161 cm³/mol. The van der Waals surface area contributed by atoms with Crippen molar-refractivity contribution in [2.45, 2.75) is 0 Å². The Balaban J connectivity index is 1.38. The number of hydrazone groups is 1. The number of nitrogens with one attached hydrogen (secondary N) is 2. The highest BCUT2D eigenvalue weighted by Gasteiger charge is 2.22. The molecule has 0 saturated carbocycles. The molecular formula is C30H20BrCl2N3O4. The van der Waals surface area contributed by atoms with E-state index in [0.29, 0.717) is 33.2 Å². The number of nitrogens with zero attached hydrogens (tertiary/aromatic N) is 1. The number of fused-ring (bicyclic) bond motifs is 1. The fraction of sp³-hybridized carbons (Fsp3) is 0.0333. The molecule has 0 fully saturated rings. The second-order valence-electron chi connectivity index (χ2n) is 8.50. The molecule has 7 nitrogen and oxygen atoms in total. The Kier molecular flexibility index (Phi) is 8.21. The van der Waals surface area contributed by atoms with Gasteiger partial charge in [0.05, 0.1) is 29.4 Å². The molecule has 1 amide bonds. The van der Waals surface area contributed by atoms with Crippen molar-refractivity contribution >= 4 is 68.1 Å². The summed E-state index contributed by atoms with van der Waals surface area (Å²) in [4.78, 5) is 29.0. The lowest BCUT2D eigenvalue weighted by Crippen LogP contribution is -2.19. The third-order valence-electron chi connectivity index (χ3n) is 6.02. The molecule has 1 aromatic heterocycles. The molecule has 1 heterocycles. The smallest absolute Gasteiger partial charge is 0.345 e. The fourth-order valence-corrected chi connectivity index (χ4v) is 5.06. The standard InChI is InChI=1S/C30H20BrCl2N3O4/c1-39-25-15-17(13-14-24(25)40-30(38)19-8-3-5-12-23(19)33)16-34-36-29(37)28-26(18-7-2-4-11-22(18)32)20-9-6-10-21(31)27(20)35-28/h2-16,35H,1H3,(H,36,37). The van der Waals surface area contributed by atoms with Gasteiger partial charge in [0.2, 0.25) is 0 Å². The van der Waals surface area contributed by atoms with Gasteiger partial charge in [-0.3, -0.25) is 4.79 Å². The van der Waals surface area contributed by atoms with E-state index in [1.54, 1.807) is 48.5 Å². The van der Waals surface area contributed by atoms with E-state index in [9.17, 15) is 9.59 Å². The maximum absolute atomic E-state index is 13.3. The minimum Gasteiger partial charge on any atom is -0.493 e. The van der Waals surface area contributed by atoms with Crippen molar-refractivity contribution < 1.29 is 19.1 Å². The SMILES string of the molecule is COc1cc(C=NNC(=O)c2[nH]c3c(Br)cccc3c2-c2ccccc2Cl)ccc1OC(=O)c1ccccc1Cl. The summed E-state index contributed by atoms with van der Waals surface area (Å²) in [5.41, 5.74) is 5.86. The lowest BCUT2D eigenvalue weighted by Gasteiger charge is -2.10. The third kappa shape index (κ3) is 5.60. The summed E-state index contributed by atoms with van der Waals surface area (Å²) < 4.78 is 11.7. The Hall–Kier alpha value is -4.11. The van der Waals surface area contributed by atoms with Crippen molar-refractivity contribution in [3.05, 3.63) is 116 Å². The summed E-state index contributed by atoms with van der Waals surface area (Å²) >= 11 is 16.1. The maximum Gasteiger partial charge on any atom is 0.345 e. The van der Waals surface area contributed by atoms with Crippen LogP contribution in [0, 0.1) is 0 Å². The van der Waals surface area contributed by atoms with E-state index >= 15 is 0 Å². The maximum atomic E-state index is 13.3. The van der Waals surface area contributed by atoms with Crippen LogP contribution >= 0.6 is 39.1 Å². The van der Waals surface area contributed by atoms with Gasteiger partial charge in [-0.05, 0) is 64.0 Å². The number of hydrogen-bond donors (Lipinski definition) is 2. The fourth-order valence-electron chi connectivity index (χ4n) is 4.15. The molecule has 4 aromatic carbocycles. The van der Waals surface area contributed by atoms with Crippen molar-refractivity contribution in [1.29, 1.82) is 0 Å². The summed E-state index contributed by atoms with van der Waals surface area (Å²) in [5, 5.41) is 5.76. The number of para-hydroxylation sites is 1. The van der Waals surface area contributed by atoms with Gasteiger partial charge in [-0.15, -0.1) is 0 Å². The Morgan fingerprint density at radius 1 is 0.925 bits per heavy atom. The molecule has 0 unspecified atom stereocenters. The highest BCUT2D eigenvalue weighted by atomic mass is 79.9. The van der Waals surface area contributed by atoms with Crippen LogP contribution in [0.5, 0.6) is 11.5 Å². The van der Waals surface area contributed by atoms with Crippen molar-refractivity contribution in [1.82, 2.24) is 10.4 Å². The van der Waals surface area contributed by atoms with Gasteiger partial charge >= 0.3 is 5.97 Å². The molecule has 200 valence electrons. The quantitative estimate of drug-likeness (QED) is 0.0822. The molecule has 0 atom stereocenters. The normalized spacial score (nSPS) is 11.1. The average Bonchev–Trinajstić information content (AvgIpc) is 3.35. The molecule has 5 rings (SSSR count). The van der Waals surface area contributed by atoms with E-state index in [0.717, 1.165) is 15.4 Å². The molecule has 0 radical (unpaired) electrons. The highest BCUT2D eigenvalue weighted by molar-refractivity contribution is 9.10. The first-order valence-electron chi connectivity index (χ1n) is 11.9. The number of carbonyl (C=O) groups is 2. The van der Waals surface area contributed by atoms with Gasteiger partial charge in [0.25, 0.3) is 5.91 Å². The van der Waals surface area contributed by atoms with Gasteiger partial charge in [-0.1, -0.05) is 65.7 Å². The molecule has 0 aliphatic rings. The summed E-state index contributed by atoms with van der Waals surface area (Å²) in [7, 11) is 1.45. The number of carbonyl (C=O) groups excluding carboxylic acids is 2. The molecule has 0 bridgehead atoms. The van der Waals surface area contributed by atoms with E-state index in [-0.39, 0.29) is 16.3 Å². The first kappa shape index (κ1) is 27.5. The van der Waals surface area contributed by atoms with Crippen LogP contribution in [0.3, 0.4) is 0 Å². The second-order valence-corrected chi connectivity index (χ2v) is 10.2. The number of hydrogen-bond acceptors (Lipinski definition) is 5. The summed E-state index contributed by atoms with van der Waals surface area (Å²) in [6.07, 6.45) is 1.45. The van der Waals surface area contributed by atoms with Gasteiger partial charge in [-0.25, -0.2) is 10.2 Å². The van der Waals surface area contributed by atoms with Crippen LogP contribution < -0.4 is 14.9 Å². The lowest BCUT2D eigenvalue weighted by atomic mass is 10.0. The molecule has 10 heteroatoms. The number of benzene rings is 4. The zero-order valence-corrected chi connectivity index (χ0v) is 24.0. The van der Waals surface area contributed by atoms with Crippen molar-refractivity contribution in [3.63, 3.8) is 0 Å². The predicted octanol–water partition coefficient (Wildman–Crippen LogP) is 7.90. The van der Waals surface area contributed by atoms with Gasteiger partial charge < -0.3 is 14.5 Å². The Morgan fingerprint density at radius 3 is 2.42 bits per heavy atom. The number of amides is 1. The molecule has 2 N–H and O–H groups in total. The summed E-state index contributed by atoms with van der Waals surface area (Å²) in [5.74, 6) is -0.554. The van der Waals surface area contributed by atoms with E-state index in [1.807, 2.05) is 36.4 Å². The van der Waals surface area contributed by atoms with Crippen LogP contribution in [-0.4, -0.2) is 30.2 Å². The molecule has 40 heavy (non-hydrogen) atoms. The van der Waals surface area contributed by atoms with E-state index < -0.39 is 11.9 Å². The molecular weight excluding hydrogens is 617 g/mol. The Labute approximate surface area is 247 Å². The van der Waals surface area contributed by atoms with Crippen LogP contribution in [0.2, 0.25) is 10.0 Å². The monoisotopic (exact) mass is 635 g/mol. The van der Waals surface area contributed by atoms with Crippen LogP contribution in [0.25, 0.3) is 22.0 Å². The average molecular weight is 637 g/mol. The minimum absolute atomic E-state index is 0.210. The number of halogens is 3. The topological polar surface area (TPSA) is 92.8 Å².